The van der Waals surface area contributed by atoms with E-state index >= 15 is 0 Å². The third kappa shape index (κ3) is 2.96. The number of halogens is 1. The lowest BCUT2D eigenvalue weighted by molar-refractivity contribution is 0.344. The van der Waals surface area contributed by atoms with E-state index in [9.17, 15) is 0 Å². The minimum absolute atomic E-state index is 0.654. The summed E-state index contributed by atoms with van der Waals surface area (Å²) in [5, 5.41) is 2.18. The number of hydrogen-bond acceptors (Lipinski definition) is 2. The second kappa shape index (κ2) is 6.39. The molecule has 3 nitrogen and oxygen atoms in total. The molecule has 0 amide bonds. The molecule has 2 aromatic rings. The molecule has 2 N–H and O–H groups in total. The minimum atomic E-state index is 0.654. The van der Waals surface area contributed by atoms with E-state index in [1.807, 2.05) is 6.07 Å². The van der Waals surface area contributed by atoms with Crippen LogP contribution in [0, 0.1) is 6.92 Å². The van der Waals surface area contributed by atoms with E-state index in [1.165, 1.54) is 42.4 Å². The maximum atomic E-state index is 6.30. The van der Waals surface area contributed by atoms with Crippen molar-refractivity contribution in [1.82, 2.24) is 9.47 Å². The van der Waals surface area contributed by atoms with E-state index < -0.39 is 0 Å². The first kappa shape index (κ1) is 14.9. The van der Waals surface area contributed by atoms with Crippen molar-refractivity contribution in [2.75, 3.05) is 26.2 Å². The lowest BCUT2D eigenvalue weighted by Crippen LogP contribution is -2.21. The van der Waals surface area contributed by atoms with Gasteiger partial charge in [-0.1, -0.05) is 17.7 Å². The smallest absolute Gasteiger partial charge is 0.0528 e. The fraction of sp³-hybridized carbons (Fsp3) is 0.529. The predicted octanol–water partition coefficient (Wildman–Crippen LogP) is 3.20. The number of nitrogens with zero attached hydrogens (tertiary/aromatic N) is 2. The Balaban J connectivity index is 1.92. The molecular formula is C17H24ClN3. The van der Waals surface area contributed by atoms with E-state index in [2.05, 4.69) is 28.7 Å². The highest BCUT2D eigenvalue weighted by atomic mass is 35.5. The highest BCUT2D eigenvalue weighted by Crippen LogP contribution is 2.30. The summed E-state index contributed by atoms with van der Waals surface area (Å²) < 4.78 is 2.27. The number of hydrogen-bond donors (Lipinski definition) is 1. The molecule has 1 aliphatic heterocycles. The maximum absolute atomic E-state index is 6.30. The number of likely N-dealkylation sites (tertiary alicyclic amines) is 1. The van der Waals surface area contributed by atoms with Crippen molar-refractivity contribution in [3.63, 3.8) is 0 Å². The summed E-state index contributed by atoms with van der Waals surface area (Å²) in [6.07, 6.45) is 6.08. The van der Waals surface area contributed by atoms with Crippen molar-refractivity contribution in [2.45, 2.75) is 32.7 Å². The zero-order valence-electron chi connectivity index (χ0n) is 12.7. The molecular weight excluding hydrogens is 282 g/mol. The fourth-order valence-electron chi connectivity index (χ4n) is 3.43. The molecule has 1 aliphatic rings. The van der Waals surface area contributed by atoms with Gasteiger partial charge < -0.3 is 15.2 Å². The van der Waals surface area contributed by atoms with Gasteiger partial charge >= 0.3 is 0 Å². The van der Waals surface area contributed by atoms with Crippen LogP contribution in [0.1, 0.15) is 24.0 Å². The number of nitrogens with two attached hydrogens (primary N) is 1. The monoisotopic (exact) mass is 305 g/mol. The molecule has 0 spiro atoms. The first-order chi connectivity index (χ1) is 10.2. The average molecular weight is 306 g/mol. The summed E-state index contributed by atoms with van der Waals surface area (Å²) >= 11 is 6.30. The van der Waals surface area contributed by atoms with E-state index in [0.29, 0.717) is 6.54 Å². The van der Waals surface area contributed by atoms with Gasteiger partial charge in [-0.25, -0.2) is 0 Å². The van der Waals surface area contributed by atoms with Gasteiger partial charge in [0.25, 0.3) is 0 Å². The second-order valence-electron chi connectivity index (χ2n) is 6.00. The van der Waals surface area contributed by atoms with Gasteiger partial charge in [-0.3, -0.25) is 0 Å². The van der Waals surface area contributed by atoms with Gasteiger partial charge in [0.1, 0.15) is 0 Å². The molecule has 1 aromatic heterocycles. The Kier molecular flexibility index (Phi) is 4.53. The van der Waals surface area contributed by atoms with Crippen molar-refractivity contribution >= 4 is 22.5 Å². The molecule has 1 aromatic carbocycles. The normalized spacial score (nSPS) is 16.1. The summed E-state index contributed by atoms with van der Waals surface area (Å²) in [5.41, 5.74) is 9.60. The van der Waals surface area contributed by atoms with Crippen LogP contribution in [0.4, 0.5) is 0 Å². The molecule has 1 saturated heterocycles. The lowest BCUT2D eigenvalue weighted by Gasteiger charge is -2.13. The van der Waals surface area contributed by atoms with Crippen LogP contribution in [0.25, 0.3) is 10.9 Å². The molecule has 4 heteroatoms. The molecule has 0 radical (unpaired) electrons. The Morgan fingerprint density at radius 1 is 1.19 bits per heavy atom. The Morgan fingerprint density at radius 2 is 1.95 bits per heavy atom. The topological polar surface area (TPSA) is 34.2 Å². The van der Waals surface area contributed by atoms with Gasteiger partial charge in [0.05, 0.1) is 5.52 Å². The third-order valence-electron chi connectivity index (χ3n) is 4.58. The Labute approximate surface area is 131 Å². The first-order valence-electron chi connectivity index (χ1n) is 7.90. The van der Waals surface area contributed by atoms with Crippen LogP contribution < -0.4 is 5.73 Å². The molecule has 0 unspecified atom stereocenters. The number of aromatic nitrogens is 1. The zero-order chi connectivity index (χ0) is 14.8. The number of benzene rings is 1. The van der Waals surface area contributed by atoms with Crippen LogP contribution in [0.5, 0.6) is 0 Å². The summed E-state index contributed by atoms with van der Waals surface area (Å²) in [6, 6.07) is 4.18. The number of aryl methyl sites for hydroxylation is 1. The first-order valence-corrected chi connectivity index (χ1v) is 8.27. The van der Waals surface area contributed by atoms with Crippen molar-refractivity contribution in [3.05, 3.63) is 34.5 Å². The van der Waals surface area contributed by atoms with Gasteiger partial charge in [0.2, 0.25) is 0 Å². The van der Waals surface area contributed by atoms with Crippen LogP contribution in [0.2, 0.25) is 5.02 Å². The van der Waals surface area contributed by atoms with Gasteiger partial charge in [-0.2, -0.15) is 0 Å². The van der Waals surface area contributed by atoms with Crippen molar-refractivity contribution in [2.24, 2.45) is 5.73 Å². The lowest BCUT2D eigenvalue weighted by atomic mass is 10.1. The molecule has 1 fully saturated rings. The van der Waals surface area contributed by atoms with Crippen LogP contribution in [0.15, 0.2) is 18.3 Å². The predicted molar refractivity (Wildman–Crippen MR) is 90.1 cm³/mol. The molecule has 21 heavy (non-hydrogen) atoms. The summed E-state index contributed by atoms with van der Waals surface area (Å²) in [5.74, 6) is 0. The van der Waals surface area contributed by atoms with Gasteiger partial charge in [0, 0.05) is 36.2 Å². The quantitative estimate of drug-likeness (QED) is 0.920. The largest absolute Gasteiger partial charge is 0.346 e. The van der Waals surface area contributed by atoms with Crippen molar-refractivity contribution in [1.29, 1.82) is 0 Å². The van der Waals surface area contributed by atoms with E-state index in [-0.39, 0.29) is 0 Å². The number of rotatable bonds is 5. The van der Waals surface area contributed by atoms with Crippen molar-refractivity contribution < 1.29 is 0 Å². The van der Waals surface area contributed by atoms with Gasteiger partial charge in [-0.05, 0) is 56.5 Å². The molecule has 0 aliphatic carbocycles. The number of fused-ring (bicyclic) bond motifs is 1. The summed E-state index contributed by atoms with van der Waals surface area (Å²) in [6.45, 7) is 7.27. The Morgan fingerprint density at radius 3 is 2.67 bits per heavy atom. The summed E-state index contributed by atoms with van der Waals surface area (Å²) in [7, 11) is 0. The van der Waals surface area contributed by atoms with Gasteiger partial charge in [-0.15, -0.1) is 0 Å². The molecule has 0 bridgehead atoms. The standard InChI is InChI=1S/C17H24ClN3/c1-13-16(18)5-4-15-14(6-10-20-8-2-3-9-20)12-21(11-7-19)17(13)15/h4-5,12H,2-3,6-11,19H2,1H3. The van der Waals surface area contributed by atoms with Crippen LogP contribution in [0.3, 0.4) is 0 Å². The minimum Gasteiger partial charge on any atom is -0.346 e. The molecule has 0 atom stereocenters. The van der Waals surface area contributed by atoms with Crippen LogP contribution in [-0.4, -0.2) is 35.6 Å². The SMILES string of the molecule is Cc1c(Cl)ccc2c(CCN3CCCC3)cn(CCN)c12. The van der Waals surface area contributed by atoms with Crippen molar-refractivity contribution in [3.8, 4) is 0 Å². The Hall–Kier alpha value is -1.03. The van der Waals surface area contributed by atoms with E-state index in [0.717, 1.165) is 30.1 Å². The van der Waals surface area contributed by atoms with Crippen LogP contribution in [-0.2, 0) is 13.0 Å². The fourth-order valence-corrected chi connectivity index (χ4v) is 3.58. The maximum Gasteiger partial charge on any atom is 0.0528 e. The summed E-state index contributed by atoms with van der Waals surface area (Å²) in [4.78, 5) is 2.56. The highest BCUT2D eigenvalue weighted by molar-refractivity contribution is 6.32. The molecule has 114 valence electrons. The molecule has 2 heterocycles. The third-order valence-corrected chi connectivity index (χ3v) is 4.99. The zero-order valence-corrected chi connectivity index (χ0v) is 13.5. The van der Waals surface area contributed by atoms with E-state index in [1.54, 1.807) is 0 Å². The molecule has 0 saturated carbocycles. The van der Waals surface area contributed by atoms with Gasteiger partial charge in [0.15, 0.2) is 0 Å². The van der Waals surface area contributed by atoms with Crippen LogP contribution >= 0.6 is 11.6 Å². The second-order valence-corrected chi connectivity index (χ2v) is 6.41. The average Bonchev–Trinajstić information content (AvgIpc) is 3.09. The molecule has 3 rings (SSSR count). The highest BCUT2D eigenvalue weighted by Gasteiger charge is 2.15. The van der Waals surface area contributed by atoms with E-state index in [4.69, 9.17) is 17.3 Å². The Bertz CT molecular complexity index is 626.